The second-order valence-electron chi connectivity index (χ2n) is 2.61. The van der Waals surface area contributed by atoms with Gasteiger partial charge in [-0.05, 0) is 11.1 Å². The highest BCUT2D eigenvalue weighted by molar-refractivity contribution is 8.13. The Hall–Kier alpha value is -0.760. The molecular weight excluding hydrogens is 156 g/mol. The first kappa shape index (κ1) is 6.92. The van der Waals surface area contributed by atoms with Crippen molar-refractivity contribution in [3.8, 4) is 0 Å². The van der Waals surface area contributed by atoms with Crippen LogP contribution in [0.5, 0.6) is 0 Å². The molecule has 1 aromatic carbocycles. The van der Waals surface area contributed by atoms with Crippen molar-refractivity contribution >= 4 is 16.9 Å². The average Bonchev–Trinajstić information content (AvgIpc) is 2.04. The summed E-state index contributed by atoms with van der Waals surface area (Å²) in [5.41, 5.74) is 2.52. The molecule has 0 saturated heterocycles. The Labute approximate surface area is 69.8 Å². The van der Waals surface area contributed by atoms with Gasteiger partial charge in [-0.3, -0.25) is 4.79 Å². The van der Waals surface area contributed by atoms with E-state index in [0.717, 1.165) is 5.75 Å². The molecule has 0 atom stereocenters. The van der Waals surface area contributed by atoms with Crippen LogP contribution in [0.4, 0.5) is 0 Å². The number of thioether (sulfide) groups is 1. The molecule has 2 rings (SSSR count). The summed E-state index contributed by atoms with van der Waals surface area (Å²) in [4.78, 5) is 11.0. The molecular formula is C9H8OS. The summed E-state index contributed by atoms with van der Waals surface area (Å²) in [5.74, 6) is 0.856. The maximum absolute atomic E-state index is 11.0. The van der Waals surface area contributed by atoms with Crippen LogP contribution < -0.4 is 0 Å². The van der Waals surface area contributed by atoms with Gasteiger partial charge >= 0.3 is 0 Å². The minimum absolute atomic E-state index is 0.295. The largest absolute Gasteiger partial charge is 0.287 e. The van der Waals surface area contributed by atoms with Crippen molar-refractivity contribution in [2.45, 2.75) is 12.2 Å². The summed E-state index contributed by atoms with van der Waals surface area (Å²) >= 11 is 1.42. The van der Waals surface area contributed by atoms with Crippen LogP contribution in [-0.2, 0) is 17.0 Å². The lowest BCUT2D eigenvalue weighted by molar-refractivity contribution is -0.110. The molecule has 0 aromatic heterocycles. The van der Waals surface area contributed by atoms with Crippen LogP contribution in [0.1, 0.15) is 11.1 Å². The van der Waals surface area contributed by atoms with Gasteiger partial charge in [0.1, 0.15) is 0 Å². The van der Waals surface area contributed by atoms with E-state index >= 15 is 0 Å². The molecule has 2 heteroatoms. The molecule has 0 radical (unpaired) electrons. The maximum atomic E-state index is 11.0. The molecule has 0 N–H and O–H groups in total. The zero-order valence-electron chi connectivity index (χ0n) is 6.04. The van der Waals surface area contributed by atoms with Gasteiger partial charge in [-0.2, -0.15) is 0 Å². The van der Waals surface area contributed by atoms with Gasteiger partial charge in [0.2, 0.25) is 0 Å². The van der Waals surface area contributed by atoms with Crippen LogP contribution in [0.15, 0.2) is 24.3 Å². The fraction of sp³-hybridized carbons (Fsp3) is 0.222. The highest BCUT2D eigenvalue weighted by atomic mass is 32.2. The van der Waals surface area contributed by atoms with Crippen molar-refractivity contribution in [2.24, 2.45) is 0 Å². The Morgan fingerprint density at radius 1 is 1.18 bits per heavy atom. The van der Waals surface area contributed by atoms with E-state index in [1.807, 2.05) is 18.2 Å². The molecule has 0 spiro atoms. The molecule has 0 fully saturated rings. The molecule has 1 nitrogen and oxygen atoms in total. The smallest absolute Gasteiger partial charge is 0.193 e. The number of fused-ring (bicyclic) bond motifs is 1. The van der Waals surface area contributed by atoms with Crippen molar-refractivity contribution in [2.75, 3.05) is 0 Å². The summed E-state index contributed by atoms with van der Waals surface area (Å²) < 4.78 is 0. The van der Waals surface area contributed by atoms with E-state index in [0.29, 0.717) is 11.5 Å². The number of rotatable bonds is 0. The third-order valence-electron chi connectivity index (χ3n) is 1.84. The monoisotopic (exact) mass is 164 g/mol. The van der Waals surface area contributed by atoms with Gasteiger partial charge in [-0.15, -0.1) is 0 Å². The molecule has 1 aliphatic rings. The quantitative estimate of drug-likeness (QED) is 0.583. The second kappa shape index (κ2) is 2.70. The van der Waals surface area contributed by atoms with Crippen LogP contribution in [0.2, 0.25) is 0 Å². The van der Waals surface area contributed by atoms with Crippen LogP contribution in [0, 0.1) is 0 Å². The first-order valence-corrected chi connectivity index (χ1v) is 4.57. The normalized spacial score (nSPS) is 16.2. The maximum Gasteiger partial charge on any atom is 0.193 e. The Morgan fingerprint density at radius 3 is 2.73 bits per heavy atom. The van der Waals surface area contributed by atoms with Gasteiger partial charge < -0.3 is 0 Å². The van der Waals surface area contributed by atoms with Crippen molar-refractivity contribution < 1.29 is 4.79 Å². The SMILES string of the molecule is O=C1Cc2ccccc2CS1. The Kier molecular flexibility index (Phi) is 1.70. The van der Waals surface area contributed by atoms with E-state index < -0.39 is 0 Å². The lowest BCUT2D eigenvalue weighted by atomic mass is 10.1. The predicted molar refractivity (Wildman–Crippen MR) is 46.4 cm³/mol. The van der Waals surface area contributed by atoms with Gasteiger partial charge in [-0.1, -0.05) is 36.0 Å². The van der Waals surface area contributed by atoms with E-state index in [1.54, 1.807) is 0 Å². The standard InChI is InChI=1S/C9H8OS/c10-9-5-7-3-1-2-4-8(7)6-11-9/h1-4H,5-6H2. The summed E-state index contributed by atoms with van der Waals surface area (Å²) in [6.07, 6.45) is 0.612. The van der Waals surface area contributed by atoms with Crippen molar-refractivity contribution in [1.82, 2.24) is 0 Å². The third kappa shape index (κ3) is 1.31. The molecule has 0 saturated carbocycles. The molecule has 1 aliphatic heterocycles. The first-order chi connectivity index (χ1) is 5.36. The summed E-state index contributed by atoms with van der Waals surface area (Å²) in [5, 5.41) is 0.295. The minimum Gasteiger partial charge on any atom is -0.287 e. The van der Waals surface area contributed by atoms with Crippen LogP contribution in [-0.4, -0.2) is 5.12 Å². The predicted octanol–water partition coefficient (Wildman–Crippen LogP) is 2.00. The second-order valence-corrected chi connectivity index (χ2v) is 3.64. The molecule has 0 aliphatic carbocycles. The van der Waals surface area contributed by atoms with E-state index in [2.05, 4.69) is 6.07 Å². The van der Waals surface area contributed by atoms with E-state index in [9.17, 15) is 4.79 Å². The molecule has 56 valence electrons. The minimum atomic E-state index is 0.295. The number of benzene rings is 1. The fourth-order valence-electron chi connectivity index (χ4n) is 1.24. The number of hydrogen-bond acceptors (Lipinski definition) is 2. The summed E-state index contributed by atoms with van der Waals surface area (Å²) in [6.45, 7) is 0. The Balaban J connectivity index is 2.41. The number of carbonyl (C=O) groups is 1. The third-order valence-corrected chi connectivity index (χ3v) is 2.76. The molecule has 1 heterocycles. The summed E-state index contributed by atoms with van der Waals surface area (Å²) in [6, 6.07) is 8.14. The van der Waals surface area contributed by atoms with Crippen molar-refractivity contribution in [3.05, 3.63) is 35.4 Å². The fourth-order valence-corrected chi connectivity index (χ4v) is 2.09. The van der Waals surface area contributed by atoms with E-state index in [4.69, 9.17) is 0 Å². The van der Waals surface area contributed by atoms with Crippen molar-refractivity contribution in [3.63, 3.8) is 0 Å². The molecule has 1 aromatic rings. The van der Waals surface area contributed by atoms with E-state index in [1.165, 1.54) is 22.9 Å². The molecule has 0 amide bonds. The Bertz CT molecular complexity index is 293. The Morgan fingerprint density at radius 2 is 1.91 bits per heavy atom. The molecule has 0 unspecified atom stereocenters. The number of carbonyl (C=O) groups excluding carboxylic acids is 1. The van der Waals surface area contributed by atoms with Crippen LogP contribution >= 0.6 is 11.8 Å². The highest BCUT2D eigenvalue weighted by Gasteiger charge is 2.14. The van der Waals surface area contributed by atoms with E-state index in [-0.39, 0.29) is 0 Å². The highest BCUT2D eigenvalue weighted by Crippen LogP contribution is 2.24. The van der Waals surface area contributed by atoms with Crippen LogP contribution in [0.3, 0.4) is 0 Å². The topological polar surface area (TPSA) is 17.1 Å². The molecule has 0 bridgehead atoms. The molecule has 11 heavy (non-hydrogen) atoms. The van der Waals surface area contributed by atoms with Gasteiger partial charge in [0.05, 0.1) is 0 Å². The lowest BCUT2D eigenvalue weighted by Gasteiger charge is -2.12. The summed E-state index contributed by atoms with van der Waals surface area (Å²) in [7, 11) is 0. The zero-order chi connectivity index (χ0) is 7.68. The van der Waals surface area contributed by atoms with Gasteiger partial charge in [-0.25, -0.2) is 0 Å². The van der Waals surface area contributed by atoms with Gasteiger partial charge in [0.15, 0.2) is 5.12 Å². The lowest BCUT2D eigenvalue weighted by Crippen LogP contribution is -2.07. The number of hydrogen-bond donors (Lipinski definition) is 0. The average molecular weight is 164 g/mol. The first-order valence-electron chi connectivity index (χ1n) is 3.58. The zero-order valence-corrected chi connectivity index (χ0v) is 6.86. The van der Waals surface area contributed by atoms with Crippen LogP contribution in [0.25, 0.3) is 0 Å². The van der Waals surface area contributed by atoms with Gasteiger partial charge in [0, 0.05) is 12.2 Å². The van der Waals surface area contributed by atoms with Gasteiger partial charge in [0.25, 0.3) is 0 Å². The van der Waals surface area contributed by atoms with Crippen molar-refractivity contribution in [1.29, 1.82) is 0 Å².